The number of hydrogen-bond donors (Lipinski definition) is 0. The molecule has 7 rings (SSSR count). The predicted octanol–water partition coefficient (Wildman–Crippen LogP) is 4.33. The fraction of sp³-hybridized carbons (Fsp3) is 0.538. The number of ketones is 1. The molecule has 0 radical (unpaired) electrons. The van der Waals surface area contributed by atoms with Gasteiger partial charge in [-0.15, -0.1) is 0 Å². The van der Waals surface area contributed by atoms with Gasteiger partial charge in [-0.3, -0.25) is 24.1 Å². The molecule has 0 aromatic heterocycles. The second kappa shape index (κ2) is 8.20. The molecule has 1 aromatic rings. The highest BCUT2D eigenvalue weighted by atomic mass is 35.5. The molecule has 2 bridgehead atoms. The van der Waals surface area contributed by atoms with Crippen LogP contribution in [0.3, 0.4) is 0 Å². The van der Waals surface area contributed by atoms with Gasteiger partial charge in [-0.25, -0.2) is 0 Å². The number of allylic oxidation sites excluding steroid dienone is 2. The van der Waals surface area contributed by atoms with E-state index < -0.39 is 5.97 Å². The van der Waals surface area contributed by atoms with E-state index in [1.165, 1.54) is 12.1 Å². The lowest BCUT2D eigenvalue weighted by molar-refractivity contribution is -0.149. The molecule has 2 amide bonds. The van der Waals surface area contributed by atoms with Crippen molar-refractivity contribution in [1.82, 2.24) is 4.90 Å². The number of amides is 2. The maximum absolute atomic E-state index is 13.3. The number of carbonyl (C=O) groups excluding carboxylic acids is 4. The lowest BCUT2D eigenvalue weighted by Gasteiger charge is -2.37. The number of halogens is 2. The molecule has 1 aliphatic heterocycles. The number of likely N-dealkylation sites (tertiary alicyclic amines) is 1. The molecule has 4 fully saturated rings. The Morgan fingerprint density at radius 3 is 2.15 bits per heavy atom. The van der Waals surface area contributed by atoms with E-state index in [0.29, 0.717) is 42.5 Å². The third-order valence-electron chi connectivity index (χ3n) is 8.67. The average molecular weight is 502 g/mol. The van der Waals surface area contributed by atoms with E-state index in [0.717, 1.165) is 6.42 Å². The molecule has 6 aliphatic rings. The Morgan fingerprint density at radius 2 is 1.56 bits per heavy atom. The molecule has 0 unspecified atom stereocenters. The maximum Gasteiger partial charge on any atom is 0.309 e. The first-order valence-corrected chi connectivity index (χ1v) is 12.8. The summed E-state index contributed by atoms with van der Waals surface area (Å²) < 4.78 is 5.28. The number of Topliss-reactive ketones (excluding diaryl/α,β-unsaturated/α-hetero) is 1. The highest BCUT2D eigenvalue weighted by molar-refractivity contribution is 6.36. The van der Waals surface area contributed by atoms with E-state index in [1.54, 1.807) is 11.0 Å². The minimum Gasteiger partial charge on any atom is -0.457 e. The smallest absolute Gasteiger partial charge is 0.309 e. The molecule has 0 spiro atoms. The summed E-state index contributed by atoms with van der Waals surface area (Å²) in [6.07, 6.45) is 7.74. The highest BCUT2D eigenvalue weighted by Crippen LogP contribution is 2.65. The summed E-state index contributed by atoms with van der Waals surface area (Å²) in [5, 5.41) is 0.640. The molecule has 1 saturated heterocycles. The van der Waals surface area contributed by atoms with E-state index in [4.69, 9.17) is 27.9 Å². The largest absolute Gasteiger partial charge is 0.457 e. The molecular formula is C26H25Cl2NO5. The van der Waals surface area contributed by atoms with E-state index >= 15 is 0 Å². The molecule has 5 aliphatic carbocycles. The molecule has 0 N–H and O–H groups in total. The monoisotopic (exact) mass is 501 g/mol. The number of ether oxygens (including phenoxy) is 1. The first kappa shape index (κ1) is 22.3. The molecule has 6 atom stereocenters. The van der Waals surface area contributed by atoms with Crippen LogP contribution in [0.25, 0.3) is 0 Å². The van der Waals surface area contributed by atoms with Crippen LogP contribution < -0.4 is 0 Å². The van der Waals surface area contributed by atoms with Crippen molar-refractivity contribution in [2.75, 3.05) is 6.61 Å². The first-order chi connectivity index (χ1) is 16.3. The zero-order chi connectivity index (χ0) is 23.7. The summed E-state index contributed by atoms with van der Waals surface area (Å²) in [7, 11) is 0. The quantitative estimate of drug-likeness (QED) is 0.259. The average Bonchev–Trinajstić information content (AvgIpc) is 3.61. The van der Waals surface area contributed by atoms with Crippen LogP contribution in [0.4, 0.5) is 0 Å². The van der Waals surface area contributed by atoms with Crippen LogP contribution in [0.1, 0.15) is 42.5 Å². The Balaban J connectivity index is 1.04. The Hall–Kier alpha value is -2.18. The summed E-state index contributed by atoms with van der Waals surface area (Å²) >= 11 is 11.9. The van der Waals surface area contributed by atoms with E-state index in [9.17, 15) is 19.2 Å². The van der Waals surface area contributed by atoms with Gasteiger partial charge in [-0.1, -0.05) is 35.4 Å². The van der Waals surface area contributed by atoms with Gasteiger partial charge in [0, 0.05) is 16.6 Å². The predicted molar refractivity (Wildman–Crippen MR) is 124 cm³/mol. The lowest BCUT2D eigenvalue weighted by atomic mass is 9.63. The van der Waals surface area contributed by atoms with Crippen molar-refractivity contribution in [1.29, 1.82) is 0 Å². The molecule has 8 heteroatoms. The van der Waals surface area contributed by atoms with Crippen molar-refractivity contribution in [3.05, 3.63) is 46.0 Å². The summed E-state index contributed by atoms with van der Waals surface area (Å²) in [6.45, 7) is -0.384. The number of nitrogens with zero attached hydrogens (tertiary/aromatic N) is 1. The van der Waals surface area contributed by atoms with E-state index in [-0.39, 0.29) is 70.4 Å². The van der Waals surface area contributed by atoms with Crippen molar-refractivity contribution >= 4 is 46.8 Å². The summed E-state index contributed by atoms with van der Waals surface area (Å²) in [5.41, 5.74) is 0.260. The molecule has 1 aromatic carbocycles. The Kier molecular flexibility index (Phi) is 5.38. The third kappa shape index (κ3) is 3.44. The van der Waals surface area contributed by atoms with Crippen molar-refractivity contribution in [2.45, 2.75) is 38.1 Å². The van der Waals surface area contributed by atoms with Gasteiger partial charge in [-0.05, 0) is 74.0 Å². The van der Waals surface area contributed by atoms with E-state index in [1.807, 2.05) is 0 Å². The number of imide groups is 1. The standard InChI is InChI=1S/C26H25Cl2NO5/c27-13-3-6-17(20(28)9-13)21(30)11-34-26(33)12-1-4-14(5-2-12)29-24(31)22-15-7-8-16(19-10-18(15)19)23(22)25(29)32/h3,6-9,12,14-16,18-19,22-23H,1-2,4-5,10-11H2/t12?,14?,15-,16-,18-,19-,22-,23+/m0/s1. The number of rotatable bonds is 5. The second-order valence-electron chi connectivity index (χ2n) is 10.4. The lowest BCUT2D eigenvalue weighted by Crippen LogP contribution is -2.44. The minimum absolute atomic E-state index is 0.00355. The van der Waals surface area contributed by atoms with Crippen molar-refractivity contribution in [3.63, 3.8) is 0 Å². The summed E-state index contributed by atoms with van der Waals surface area (Å²) in [6, 6.07) is 4.39. The number of esters is 1. The van der Waals surface area contributed by atoms with Gasteiger partial charge < -0.3 is 4.74 Å². The molecule has 3 saturated carbocycles. The van der Waals surface area contributed by atoms with Crippen LogP contribution in [0.5, 0.6) is 0 Å². The van der Waals surface area contributed by atoms with Crippen LogP contribution in [0.2, 0.25) is 10.0 Å². The van der Waals surface area contributed by atoms with Gasteiger partial charge >= 0.3 is 5.97 Å². The normalized spacial score (nSPS) is 37.4. The van der Waals surface area contributed by atoms with Crippen molar-refractivity contribution in [2.24, 2.45) is 41.4 Å². The van der Waals surface area contributed by atoms with Crippen LogP contribution in [0, 0.1) is 41.4 Å². The van der Waals surface area contributed by atoms with E-state index in [2.05, 4.69) is 12.2 Å². The molecular weight excluding hydrogens is 477 g/mol. The zero-order valence-electron chi connectivity index (χ0n) is 18.5. The molecule has 178 valence electrons. The minimum atomic E-state index is -0.424. The van der Waals surface area contributed by atoms with Gasteiger partial charge in [0.2, 0.25) is 17.6 Å². The number of benzene rings is 1. The highest BCUT2D eigenvalue weighted by Gasteiger charge is 2.67. The first-order valence-electron chi connectivity index (χ1n) is 12.0. The van der Waals surface area contributed by atoms with Crippen molar-refractivity contribution < 1.29 is 23.9 Å². The van der Waals surface area contributed by atoms with Crippen LogP contribution in [-0.4, -0.2) is 41.1 Å². The Labute approximate surface area is 207 Å². The fourth-order valence-electron chi connectivity index (χ4n) is 6.96. The molecule has 6 nitrogen and oxygen atoms in total. The van der Waals surface area contributed by atoms with Gasteiger partial charge in [0.15, 0.2) is 6.61 Å². The van der Waals surface area contributed by atoms with Gasteiger partial charge in [-0.2, -0.15) is 0 Å². The fourth-order valence-corrected chi connectivity index (χ4v) is 7.47. The van der Waals surface area contributed by atoms with Gasteiger partial charge in [0.25, 0.3) is 0 Å². The Bertz CT molecular complexity index is 1090. The van der Waals surface area contributed by atoms with Crippen LogP contribution in [0.15, 0.2) is 30.4 Å². The zero-order valence-corrected chi connectivity index (χ0v) is 20.0. The van der Waals surface area contributed by atoms with Gasteiger partial charge in [0.1, 0.15) is 0 Å². The number of hydrogen-bond acceptors (Lipinski definition) is 5. The Morgan fingerprint density at radius 1 is 0.941 bits per heavy atom. The number of carbonyl (C=O) groups is 4. The maximum atomic E-state index is 13.3. The van der Waals surface area contributed by atoms with Gasteiger partial charge in [0.05, 0.1) is 22.8 Å². The topological polar surface area (TPSA) is 80.8 Å². The van der Waals surface area contributed by atoms with Crippen LogP contribution >= 0.6 is 23.2 Å². The molecule has 34 heavy (non-hydrogen) atoms. The SMILES string of the molecule is O=C(COC(=O)C1CCC(N2C(=O)[C@@H]3[C@H]4C=C[C@@H]([C@@H]5C[C@@H]45)[C@@H]3C2=O)CC1)c1ccc(Cl)cc1Cl. The summed E-state index contributed by atoms with van der Waals surface area (Å²) in [4.78, 5) is 53.1. The van der Waals surface area contributed by atoms with Crippen molar-refractivity contribution in [3.8, 4) is 0 Å². The van der Waals surface area contributed by atoms with Crippen LogP contribution in [-0.2, 0) is 19.1 Å². The molecule has 1 heterocycles. The second-order valence-corrected chi connectivity index (χ2v) is 11.2. The summed E-state index contributed by atoms with van der Waals surface area (Å²) in [5.74, 6) is 0.0940. The third-order valence-corrected chi connectivity index (χ3v) is 9.22.